The van der Waals surface area contributed by atoms with Crippen molar-refractivity contribution in [1.82, 2.24) is 10.6 Å². The van der Waals surface area contributed by atoms with Crippen molar-refractivity contribution < 1.29 is 9.53 Å². The molecule has 6 nitrogen and oxygen atoms in total. The molecular formula is C27H34N4O2. The fraction of sp³-hybridized carbons (Fsp3) is 0.481. The molecule has 0 radical (unpaired) electrons. The SMILES string of the molecule is Cc1ccccc1COC(=O)N[C@@H]1CCCC[C@H]1N(c1ccc(C#N)cc1)[C@H]1CCCNC1. The van der Waals surface area contributed by atoms with E-state index in [-0.39, 0.29) is 24.8 Å². The fourth-order valence-corrected chi connectivity index (χ4v) is 5.17. The highest BCUT2D eigenvalue weighted by molar-refractivity contribution is 5.68. The van der Waals surface area contributed by atoms with Crippen LogP contribution in [-0.2, 0) is 11.3 Å². The largest absolute Gasteiger partial charge is 0.445 e. The standard InChI is InChI=1S/C27H34N4O2/c1-20-7-2-3-8-22(20)19-33-27(32)30-25-10-4-5-11-26(25)31(24-9-6-16-29-18-24)23-14-12-21(17-28)13-15-23/h2-3,7-8,12-15,24-26,29H,4-6,9-11,16,18-19H2,1H3,(H,30,32)/t24-,25+,26+/m0/s1. The Morgan fingerprint density at radius 2 is 1.91 bits per heavy atom. The molecule has 1 saturated carbocycles. The van der Waals surface area contributed by atoms with Crippen LogP contribution in [0.15, 0.2) is 48.5 Å². The van der Waals surface area contributed by atoms with Crippen LogP contribution in [0.2, 0.25) is 0 Å². The molecule has 1 aliphatic heterocycles. The van der Waals surface area contributed by atoms with Crippen LogP contribution >= 0.6 is 0 Å². The van der Waals surface area contributed by atoms with E-state index in [1.807, 2.05) is 43.3 Å². The molecular weight excluding hydrogens is 412 g/mol. The monoisotopic (exact) mass is 446 g/mol. The number of anilines is 1. The lowest BCUT2D eigenvalue weighted by Crippen LogP contribution is -2.59. The third kappa shape index (κ3) is 5.85. The first-order valence-corrected chi connectivity index (χ1v) is 12.1. The second kappa shape index (κ2) is 11.2. The van der Waals surface area contributed by atoms with Crippen molar-refractivity contribution in [2.75, 3.05) is 18.0 Å². The van der Waals surface area contributed by atoms with Crippen LogP contribution in [0.5, 0.6) is 0 Å². The van der Waals surface area contributed by atoms with Gasteiger partial charge in [-0.2, -0.15) is 5.26 Å². The van der Waals surface area contributed by atoms with E-state index in [1.54, 1.807) is 0 Å². The van der Waals surface area contributed by atoms with Gasteiger partial charge in [0, 0.05) is 24.3 Å². The Kier molecular flexibility index (Phi) is 7.85. The summed E-state index contributed by atoms with van der Waals surface area (Å²) in [5, 5.41) is 16.0. The van der Waals surface area contributed by atoms with Gasteiger partial charge < -0.3 is 20.3 Å². The van der Waals surface area contributed by atoms with Gasteiger partial charge in [0.05, 0.1) is 17.7 Å². The molecule has 3 atom stereocenters. The van der Waals surface area contributed by atoms with E-state index >= 15 is 0 Å². The highest BCUT2D eigenvalue weighted by Gasteiger charge is 2.36. The van der Waals surface area contributed by atoms with E-state index in [9.17, 15) is 10.1 Å². The lowest BCUT2D eigenvalue weighted by Gasteiger charge is -2.46. The molecule has 1 heterocycles. The van der Waals surface area contributed by atoms with Crippen LogP contribution in [-0.4, -0.2) is 37.3 Å². The topological polar surface area (TPSA) is 77.4 Å². The number of nitrogens with one attached hydrogen (secondary N) is 2. The lowest BCUT2D eigenvalue weighted by molar-refractivity contribution is 0.130. The summed E-state index contributed by atoms with van der Waals surface area (Å²) in [5.74, 6) is 0. The number of benzene rings is 2. The number of carbonyl (C=O) groups excluding carboxylic acids is 1. The Morgan fingerprint density at radius 3 is 2.64 bits per heavy atom. The van der Waals surface area contributed by atoms with E-state index < -0.39 is 0 Å². The summed E-state index contributed by atoms with van der Waals surface area (Å²) in [6.45, 7) is 4.29. The number of hydrogen-bond acceptors (Lipinski definition) is 5. The van der Waals surface area contributed by atoms with Crippen molar-refractivity contribution >= 4 is 11.8 Å². The van der Waals surface area contributed by atoms with Gasteiger partial charge in [-0.25, -0.2) is 4.79 Å². The first kappa shape index (κ1) is 23.1. The van der Waals surface area contributed by atoms with Crippen LogP contribution in [0.25, 0.3) is 0 Å². The van der Waals surface area contributed by atoms with Crippen molar-refractivity contribution in [2.24, 2.45) is 0 Å². The zero-order valence-electron chi connectivity index (χ0n) is 19.4. The third-order valence-corrected chi connectivity index (χ3v) is 6.97. The number of carbonyl (C=O) groups is 1. The fourth-order valence-electron chi connectivity index (χ4n) is 5.17. The predicted octanol–water partition coefficient (Wildman–Crippen LogP) is 4.66. The number of rotatable bonds is 6. The summed E-state index contributed by atoms with van der Waals surface area (Å²) < 4.78 is 5.60. The number of nitrogens with zero attached hydrogens (tertiary/aromatic N) is 2. The van der Waals surface area contributed by atoms with Crippen LogP contribution in [0.1, 0.15) is 55.2 Å². The average Bonchev–Trinajstić information content (AvgIpc) is 2.86. The molecule has 2 fully saturated rings. The first-order valence-electron chi connectivity index (χ1n) is 12.1. The number of alkyl carbamates (subject to hydrolysis) is 1. The summed E-state index contributed by atoms with van der Waals surface area (Å²) in [5.41, 5.74) is 3.94. The molecule has 0 aromatic heterocycles. The van der Waals surface area contributed by atoms with Gasteiger partial charge in [0.25, 0.3) is 0 Å². The van der Waals surface area contributed by atoms with Crippen LogP contribution in [0.3, 0.4) is 0 Å². The zero-order valence-corrected chi connectivity index (χ0v) is 19.4. The van der Waals surface area contributed by atoms with Gasteiger partial charge in [0.15, 0.2) is 0 Å². The molecule has 0 spiro atoms. The van der Waals surface area contributed by atoms with Crippen molar-refractivity contribution in [3.8, 4) is 6.07 Å². The molecule has 0 bridgehead atoms. The van der Waals surface area contributed by atoms with Gasteiger partial charge in [-0.1, -0.05) is 37.1 Å². The van der Waals surface area contributed by atoms with Crippen molar-refractivity contribution in [3.63, 3.8) is 0 Å². The van der Waals surface area contributed by atoms with Crippen LogP contribution < -0.4 is 15.5 Å². The summed E-state index contributed by atoms with van der Waals surface area (Å²) in [4.78, 5) is 15.3. The number of ether oxygens (including phenoxy) is 1. The third-order valence-electron chi connectivity index (χ3n) is 6.97. The molecule has 174 valence electrons. The Labute approximate surface area is 196 Å². The van der Waals surface area contributed by atoms with E-state index in [1.165, 1.54) is 0 Å². The quantitative estimate of drug-likeness (QED) is 0.675. The first-order chi connectivity index (χ1) is 16.2. The van der Waals surface area contributed by atoms with E-state index in [4.69, 9.17) is 4.74 Å². The number of hydrogen-bond donors (Lipinski definition) is 2. The van der Waals surface area contributed by atoms with Gasteiger partial charge in [0.1, 0.15) is 6.61 Å². The van der Waals surface area contributed by atoms with E-state index in [0.717, 1.165) is 68.4 Å². The molecule has 2 N–H and O–H groups in total. The normalized spacial score (nSPS) is 22.7. The minimum Gasteiger partial charge on any atom is -0.445 e. The number of nitriles is 1. The molecule has 0 unspecified atom stereocenters. The van der Waals surface area contributed by atoms with Crippen molar-refractivity contribution in [2.45, 2.75) is 70.2 Å². The number of aryl methyl sites for hydroxylation is 1. The van der Waals surface area contributed by atoms with Gasteiger partial charge in [-0.05, 0) is 74.5 Å². The molecule has 6 heteroatoms. The van der Waals surface area contributed by atoms with E-state index in [0.29, 0.717) is 11.6 Å². The number of amides is 1. The van der Waals surface area contributed by atoms with Crippen LogP contribution in [0.4, 0.5) is 10.5 Å². The Morgan fingerprint density at radius 1 is 1.12 bits per heavy atom. The highest BCUT2D eigenvalue weighted by atomic mass is 16.5. The minimum absolute atomic E-state index is 0.0284. The summed E-state index contributed by atoms with van der Waals surface area (Å²) in [7, 11) is 0. The summed E-state index contributed by atoms with van der Waals surface area (Å²) >= 11 is 0. The minimum atomic E-state index is -0.350. The second-order valence-electron chi connectivity index (χ2n) is 9.17. The maximum Gasteiger partial charge on any atom is 0.407 e. The van der Waals surface area contributed by atoms with Gasteiger partial charge >= 0.3 is 6.09 Å². The van der Waals surface area contributed by atoms with Gasteiger partial charge in [-0.15, -0.1) is 0 Å². The maximum absolute atomic E-state index is 12.8. The zero-order chi connectivity index (χ0) is 23.0. The smallest absolute Gasteiger partial charge is 0.407 e. The molecule has 2 aliphatic rings. The summed E-state index contributed by atoms with van der Waals surface area (Å²) in [6.07, 6.45) is 6.12. The molecule has 2 aromatic rings. The molecule has 33 heavy (non-hydrogen) atoms. The van der Waals surface area contributed by atoms with E-state index in [2.05, 4.69) is 33.7 Å². The number of piperidine rings is 1. The predicted molar refractivity (Wildman–Crippen MR) is 130 cm³/mol. The second-order valence-corrected chi connectivity index (χ2v) is 9.17. The van der Waals surface area contributed by atoms with Crippen molar-refractivity contribution in [1.29, 1.82) is 5.26 Å². The molecule has 4 rings (SSSR count). The summed E-state index contributed by atoms with van der Waals surface area (Å²) in [6, 6.07) is 18.7. The lowest BCUT2D eigenvalue weighted by atomic mass is 9.87. The maximum atomic E-state index is 12.8. The molecule has 2 aromatic carbocycles. The van der Waals surface area contributed by atoms with Gasteiger partial charge in [0.2, 0.25) is 0 Å². The molecule has 1 saturated heterocycles. The Bertz CT molecular complexity index is 963. The average molecular weight is 447 g/mol. The molecule has 1 amide bonds. The van der Waals surface area contributed by atoms with Crippen LogP contribution in [0, 0.1) is 18.3 Å². The Balaban J connectivity index is 1.49. The molecule has 1 aliphatic carbocycles. The highest BCUT2D eigenvalue weighted by Crippen LogP contribution is 2.32. The Hall–Kier alpha value is -3.04. The van der Waals surface area contributed by atoms with Crippen molar-refractivity contribution in [3.05, 3.63) is 65.2 Å². The van der Waals surface area contributed by atoms with Gasteiger partial charge in [-0.3, -0.25) is 0 Å².